The molecule has 0 radical (unpaired) electrons. The molecular formula is C21H15N. The molecule has 104 valence electrons. The molecule has 0 saturated heterocycles. The molecule has 4 aromatic carbocycles. The zero-order valence-corrected chi connectivity index (χ0v) is 12.4. The lowest BCUT2D eigenvalue weighted by molar-refractivity contribution is 1.02. The molecular weight excluding hydrogens is 266 g/mol. The highest BCUT2D eigenvalue weighted by Gasteiger charge is 2.11. The summed E-state index contributed by atoms with van der Waals surface area (Å²) >= 11 is 0. The Bertz CT molecular complexity index is 1180. The van der Waals surface area contributed by atoms with Crippen molar-refractivity contribution in [1.82, 2.24) is 4.57 Å². The van der Waals surface area contributed by atoms with Gasteiger partial charge in [0.05, 0.1) is 5.52 Å². The van der Waals surface area contributed by atoms with Crippen LogP contribution in [0.4, 0.5) is 0 Å². The van der Waals surface area contributed by atoms with E-state index in [-0.39, 0.29) is 0 Å². The van der Waals surface area contributed by atoms with Gasteiger partial charge in [0.25, 0.3) is 0 Å². The van der Waals surface area contributed by atoms with E-state index in [4.69, 9.17) is 0 Å². The summed E-state index contributed by atoms with van der Waals surface area (Å²) in [5.41, 5.74) is 2.61. The number of para-hydroxylation sites is 1. The van der Waals surface area contributed by atoms with E-state index < -0.39 is 0 Å². The lowest BCUT2D eigenvalue weighted by atomic mass is 9.99. The van der Waals surface area contributed by atoms with Gasteiger partial charge in [0.15, 0.2) is 0 Å². The largest absolute Gasteiger partial charge is 0.343 e. The number of rotatable bonds is 0. The van der Waals surface area contributed by atoms with Crippen molar-refractivity contribution in [2.45, 2.75) is 0 Å². The molecule has 0 aliphatic heterocycles. The van der Waals surface area contributed by atoms with Gasteiger partial charge in [-0.05, 0) is 22.2 Å². The topological polar surface area (TPSA) is 4.93 Å². The number of benzene rings is 4. The summed E-state index contributed by atoms with van der Waals surface area (Å²) in [4.78, 5) is 0. The Hall–Kier alpha value is -2.80. The van der Waals surface area contributed by atoms with Gasteiger partial charge in [0.1, 0.15) is 0 Å². The molecule has 22 heavy (non-hydrogen) atoms. The molecule has 1 heterocycles. The molecule has 0 saturated carbocycles. The van der Waals surface area contributed by atoms with Gasteiger partial charge in [-0.15, -0.1) is 0 Å². The first-order valence-corrected chi connectivity index (χ1v) is 7.62. The fourth-order valence-electron chi connectivity index (χ4n) is 3.77. The van der Waals surface area contributed by atoms with Crippen LogP contribution in [0.5, 0.6) is 0 Å². The maximum absolute atomic E-state index is 2.32. The Labute approximate surface area is 128 Å². The van der Waals surface area contributed by atoms with Gasteiger partial charge in [0.2, 0.25) is 0 Å². The van der Waals surface area contributed by atoms with Gasteiger partial charge in [-0.1, -0.05) is 66.7 Å². The lowest BCUT2D eigenvalue weighted by Crippen LogP contribution is -1.88. The number of hydrogen-bond donors (Lipinski definition) is 0. The minimum absolute atomic E-state index is 1.29. The van der Waals surface area contributed by atoms with E-state index in [1.54, 1.807) is 0 Å². The molecule has 0 aliphatic rings. The van der Waals surface area contributed by atoms with Gasteiger partial charge in [-0.3, -0.25) is 0 Å². The fraction of sp³-hybridized carbons (Fsp3) is 0.0476. The van der Waals surface area contributed by atoms with Gasteiger partial charge >= 0.3 is 0 Å². The molecule has 1 heteroatoms. The second-order valence-electron chi connectivity index (χ2n) is 5.92. The third-order valence-corrected chi connectivity index (χ3v) is 4.79. The standard InChI is InChI=1S/C21H15N/c1-22-20-9-5-4-8-17(20)19-13-12-16-15-7-3-2-6-14(15)10-11-18(16)21(19)22/h2-13H,1H3. The van der Waals surface area contributed by atoms with Crippen molar-refractivity contribution < 1.29 is 0 Å². The first-order valence-electron chi connectivity index (χ1n) is 7.62. The Balaban J connectivity index is 2.11. The summed E-state index contributed by atoms with van der Waals surface area (Å²) in [7, 11) is 2.17. The smallest absolute Gasteiger partial charge is 0.0568 e. The number of nitrogens with zero attached hydrogens (tertiary/aromatic N) is 1. The van der Waals surface area contributed by atoms with Crippen LogP contribution in [0.25, 0.3) is 43.4 Å². The van der Waals surface area contributed by atoms with Crippen LogP contribution < -0.4 is 0 Å². The molecule has 1 aromatic heterocycles. The third-order valence-electron chi connectivity index (χ3n) is 4.79. The minimum Gasteiger partial charge on any atom is -0.343 e. The van der Waals surface area contributed by atoms with Gasteiger partial charge < -0.3 is 4.57 Å². The summed E-state index contributed by atoms with van der Waals surface area (Å²) in [5, 5.41) is 7.95. The maximum Gasteiger partial charge on any atom is 0.0568 e. The maximum atomic E-state index is 2.32. The van der Waals surface area contributed by atoms with Crippen LogP contribution in [-0.4, -0.2) is 4.57 Å². The van der Waals surface area contributed by atoms with E-state index in [1.165, 1.54) is 43.4 Å². The summed E-state index contributed by atoms with van der Waals surface area (Å²) in [6.45, 7) is 0. The molecule has 1 nitrogen and oxygen atoms in total. The van der Waals surface area contributed by atoms with Crippen molar-refractivity contribution in [3.05, 3.63) is 72.8 Å². The summed E-state index contributed by atoms with van der Waals surface area (Å²) < 4.78 is 2.32. The van der Waals surface area contributed by atoms with Crippen LogP contribution in [-0.2, 0) is 7.05 Å². The van der Waals surface area contributed by atoms with Crippen molar-refractivity contribution in [3.63, 3.8) is 0 Å². The Kier molecular flexibility index (Phi) is 2.21. The highest BCUT2D eigenvalue weighted by Crippen LogP contribution is 2.35. The first kappa shape index (κ1) is 11.8. The predicted molar refractivity (Wildman–Crippen MR) is 95.4 cm³/mol. The summed E-state index contributed by atoms with van der Waals surface area (Å²) in [6, 6.07) is 26.3. The van der Waals surface area contributed by atoms with Gasteiger partial charge in [-0.2, -0.15) is 0 Å². The molecule has 0 N–H and O–H groups in total. The van der Waals surface area contributed by atoms with E-state index in [1.807, 2.05) is 0 Å². The lowest BCUT2D eigenvalue weighted by Gasteiger charge is -2.07. The van der Waals surface area contributed by atoms with Crippen molar-refractivity contribution in [1.29, 1.82) is 0 Å². The van der Waals surface area contributed by atoms with Crippen molar-refractivity contribution in [2.24, 2.45) is 7.05 Å². The molecule has 0 atom stereocenters. The van der Waals surface area contributed by atoms with E-state index in [2.05, 4.69) is 84.4 Å². The Morgan fingerprint density at radius 3 is 2.09 bits per heavy atom. The average molecular weight is 281 g/mol. The fourth-order valence-corrected chi connectivity index (χ4v) is 3.77. The van der Waals surface area contributed by atoms with E-state index in [0.29, 0.717) is 0 Å². The van der Waals surface area contributed by atoms with Gasteiger partial charge in [-0.25, -0.2) is 0 Å². The number of aryl methyl sites for hydroxylation is 1. The average Bonchev–Trinajstić information content (AvgIpc) is 2.88. The van der Waals surface area contributed by atoms with Crippen LogP contribution in [0.1, 0.15) is 0 Å². The van der Waals surface area contributed by atoms with Crippen LogP contribution in [0.3, 0.4) is 0 Å². The van der Waals surface area contributed by atoms with Crippen LogP contribution in [0, 0.1) is 0 Å². The molecule has 0 spiro atoms. The minimum atomic E-state index is 1.29. The molecule has 0 unspecified atom stereocenters. The summed E-state index contributed by atoms with van der Waals surface area (Å²) in [6.07, 6.45) is 0. The normalized spacial score (nSPS) is 11.9. The zero-order valence-electron chi connectivity index (χ0n) is 12.4. The molecule has 0 bridgehead atoms. The second kappa shape index (κ2) is 4.11. The monoisotopic (exact) mass is 281 g/mol. The van der Waals surface area contributed by atoms with E-state index in [9.17, 15) is 0 Å². The summed E-state index contributed by atoms with van der Waals surface area (Å²) in [5.74, 6) is 0. The van der Waals surface area contributed by atoms with E-state index >= 15 is 0 Å². The quantitative estimate of drug-likeness (QED) is 0.324. The Morgan fingerprint density at radius 2 is 1.18 bits per heavy atom. The Morgan fingerprint density at radius 1 is 0.545 bits per heavy atom. The van der Waals surface area contributed by atoms with Crippen LogP contribution in [0.2, 0.25) is 0 Å². The molecule has 0 fully saturated rings. The highest BCUT2D eigenvalue weighted by molar-refractivity contribution is 6.22. The van der Waals surface area contributed by atoms with Crippen molar-refractivity contribution in [3.8, 4) is 0 Å². The van der Waals surface area contributed by atoms with Crippen molar-refractivity contribution >= 4 is 43.4 Å². The second-order valence-corrected chi connectivity index (χ2v) is 5.92. The third kappa shape index (κ3) is 1.38. The molecule has 0 amide bonds. The van der Waals surface area contributed by atoms with Crippen molar-refractivity contribution in [2.75, 3.05) is 0 Å². The van der Waals surface area contributed by atoms with Crippen LogP contribution >= 0.6 is 0 Å². The molecule has 5 rings (SSSR count). The SMILES string of the molecule is Cn1c2ccccc2c2ccc3c4ccccc4ccc3c21. The number of hydrogen-bond acceptors (Lipinski definition) is 0. The van der Waals surface area contributed by atoms with E-state index in [0.717, 1.165) is 0 Å². The molecule has 5 aromatic rings. The van der Waals surface area contributed by atoms with Crippen LogP contribution in [0.15, 0.2) is 72.8 Å². The highest BCUT2D eigenvalue weighted by atomic mass is 14.9. The predicted octanol–water partition coefficient (Wildman–Crippen LogP) is 5.64. The number of aromatic nitrogens is 1. The first-order chi connectivity index (χ1) is 10.8. The zero-order chi connectivity index (χ0) is 14.7. The number of fused-ring (bicyclic) bond motifs is 7. The van der Waals surface area contributed by atoms with Gasteiger partial charge in [0, 0.05) is 28.7 Å². The molecule has 0 aliphatic carbocycles.